The van der Waals surface area contributed by atoms with Crippen LogP contribution in [0, 0.1) is 0 Å². The lowest BCUT2D eigenvalue weighted by Crippen LogP contribution is -2.25. The standard InChI is InChI=1S/C5H9NO2.C4H8O/c7-5(8)6-3-1-2-4-6;1-2-4-5-3-1/h1-4H2,(H,7,8);1-4H2. The molecule has 4 heteroatoms. The molecule has 76 valence electrons. The van der Waals surface area contributed by atoms with Crippen molar-refractivity contribution in [1.82, 2.24) is 4.90 Å². The Hall–Kier alpha value is -0.770. The third kappa shape index (κ3) is 4.12. The smallest absolute Gasteiger partial charge is 0.407 e. The third-order valence-electron chi connectivity index (χ3n) is 2.20. The molecule has 4 nitrogen and oxygen atoms in total. The Kier molecular flexibility index (Phi) is 4.60. The normalized spacial score (nSPS) is 21.1. The van der Waals surface area contributed by atoms with Crippen molar-refractivity contribution < 1.29 is 14.6 Å². The molecule has 0 unspecified atom stereocenters. The quantitative estimate of drug-likeness (QED) is 0.626. The summed E-state index contributed by atoms with van der Waals surface area (Å²) >= 11 is 0. The minimum absolute atomic E-state index is 0.731. The van der Waals surface area contributed by atoms with Crippen LogP contribution in [0.5, 0.6) is 0 Å². The van der Waals surface area contributed by atoms with Crippen LogP contribution in [0.3, 0.4) is 0 Å². The molecule has 2 heterocycles. The summed E-state index contributed by atoms with van der Waals surface area (Å²) in [5.41, 5.74) is 0. The molecular weight excluding hydrogens is 170 g/mol. The predicted molar refractivity (Wildman–Crippen MR) is 48.9 cm³/mol. The molecule has 2 rings (SSSR count). The maximum atomic E-state index is 10.1. The van der Waals surface area contributed by atoms with Crippen LogP contribution in [0.4, 0.5) is 4.79 Å². The molecule has 0 radical (unpaired) electrons. The first-order valence-corrected chi connectivity index (χ1v) is 4.86. The molecule has 0 aromatic rings. The summed E-state index contributed by atoms with van der Waals surface area (Å²) in [6.45, 7) is 3.46. The van der Waals surface area contributed by atoms with Gasteiger partial charge < -0.3 is 14.7 Å². The summed E-state index contributed by atoms with van der Waals surface area (Å²) in [6.07, 6.45) is 3.85. The van der Waals surface area contributed by atoms with Crippen LogP contribution in [0.15, 0.2) is 0 Å². The van der Waals surface area contributed by atoms with Gasteiger partial charge in [0.2, 0.25) is 0 Å². The summed E-state index contributed by atoms with van der Waals surface area (Å²) < 4.78 is 4.94. The van der Waals surface area contributed by atoms with E-state index in [2.05, 4.69) is 0 Å². The highest BCUT2D eigenvalue weighted by Gasteiger charge is 2.15. The Labute approximate surface area is 78.5 Å². The maximum Gasteiger partial charge on any atom is 0.407 e. The van der Waals surface area contributed by atoms with Gasteiger partial charge in [0.1, 0.15) is 0 Å². The zero-order valence-corrected chi connectivity index (χ0v) is 7.87. The van der Waals surface area contributed by atoms with Gasteiger partial charge in [-0.3, -0.25) is 0 Å². The molecule has 0 bridgehead atoms. The summed E-state index contributed by atoms with van der Waals surface area (Å²) in [7, 11) is 0. The van der Waals surface area contributed by atoms with E-state index in [0.29, 0.717) is 0 Å². The van der Waals surface area contributed by atoms with Gasteiger partial charge in [-0.05, 0) is 25.7 Å². The van der Waals surface area contributed by atoms with E-state index in [1.54, 1.807) is 0 Å². The molecule has 0 spiro atoms. The van der Waals surface area contributed by atoms with Crippen LogP contribution in [-0.4, -0.2) is 42.4 Å². The Morgan fingerprint density at radius 3 is 1.85 bits per heavy atom. The topological polar surface area (TPSA) is 49.8 Å². The van der Waals surface area contributed by atoms with Crippen molar-refractivity contribution in [1.29, 1.82) is 0 Å². The van der Waals surface area contributed by atoms with E-state index in [0.717, 1.165) is 39.1 Å². The van der Waals surface area contributed by atoms with Gasteiger partial charge in [0, 0.05) is 26.3 Å². The molecule has 13 heavy (non-hydrogen) atoms. The average molecular weight is 187 g/mol. The fourth-order valence-electron chi connectivity index (χ4n) is 1.42. The minimum Gasteiger partial charge on any atom is -0.465 e. The monoisotopic (exact) mass is 187 g/mol. The van der Waals surface area contributed by atoms with Crippen molar-refractivity contribution in [2.45, 2.75) is 25.7 Å². The van der Waals surface area contributed by atoms with Crippen LogP contribution >= 0.6 is 0 Å². The lowest BCUT2D eigenvalue weighted by molar-refractivity contribution is 0.156. The first-order chi connectivity index (χ1) is 6.30. The summed E-state index contributed by atoms with van der Waals surface area (Å²) in [5, 5.41) is 8.34. The zero-order chi connectivity index (χ0) is 9.52. The van der Waals surface area contributed by atoms with Gasteiger partial charge in [0.05, 0.1) is 0 Å². The number of amides is 1. The Bertz CT molecular complexity index is 143. The predicted octanol–water partition coefficient (Wildman–Crippen LogP) is 1.56. The van der Waals surface area contributed by atoms with Crippen molar-refractivity contribution in [2.75, 3.05) is 26.3 Å². The highest BCUT2D eigenvalue weighted by Crippen LogP contribution is 2.05. The molecule has 0 saturated carbocycles. The van der Waals surface area contributed by atoms with Crippen molar-refractivity contribution in [2.24, 2.45) is 0 Å². The molecular formula is C9H17NO3. The maximum absolute atomic E-state index is 10.1. The summed E-state index contributed by atoms with van der Waals surface area (Å²) in [5.74, 6) is 0. The van der Waals surface area contributed by atoms with Gasteiger partial charge in [0.15, 0.2) is 0 Å². The highest BCUT2D eigenvalue weighted by molar-refractivity contribution is 5.65. The molecule has 2 aliphatic heterocycles. The Balaban J connectivity index is 0.000000145. The van der Waals surface area contributed by atoms with Crippen LogP contribution < -0.4 is 0 Å². The number of nitrogens with zero attached hydrogens (tertiary/aromatic N) is 1. The SMILES string of the molecule is C1CCOC1.O=C(O)N1CCCC1. The van der Waals surface area contributed by atoms with Crippen LogP contribution in [0.1, 0.15) is 25.7 Å². The fourth-order valence-corrected chi connectivity index (χ4v) is 1.42. The van der Waals surface area contributed by atoms with Gasteiger partial charge in [0.25, 0.3) is 0 Å². The Morgan fingerprint density at radius 1 is 1.08 bits per heavy atom. The second-order valence-corrected chi connectivity index (χ2v) is 3.30. The first kappa shape index (κ1) is 10.3. The summed E-state index contributed by atoms with van der Waals surface area (Å²) in [6, 6.07) is 0. The van der Waals surface area contributed by atoms with Gasteiger partial charge >= 0.3 is 6.09 Å². The number of ether oxygens (including phenoxy) is 1. The van der Waals surface area contributed by atoms with Crippen LogP contribution in [-0.2, 0) is 4.74 Å². The number of carboxylic acid groups (broad SMARTS) is 1. The average Bonchev–Trinajstić information content (AvgIpc) is 2.82. The van der Waals surface area contributed by atoms with E-state index < -0.39 is 6.09 Å². The lowest BCUT2D eigenvalue weighted by Gasteiger charge is -2.07. The minimum atomic E-state index is -0.775. The van der Waals surface area contributed by atoms with Gasteiger partial charge in [-0.15, -0.1) is 0 Å². The lowest BCUT2D eigenvalue weighted by atomic mass is 10.4. The number of hydrogen-bond acceptors (Lipinski definition) is 2. The molecule has 1 amide bonds. The van der Waals surface area contributed by atoms with Crippen molar-refractivity contribution in [3.63, 3.8) is 0 Å². The largest absolute Gasteiger partial charge is 0.465 e. The van der Waals surface area contributed by atoms with Gasteiger partial charge in [-0.25, -0.2) is 4.79 Å². The van der Waals surface area contributed by atoms with E-state index in [-0.39, 0.29) is 0 Å². The second-order valence-electron chi connectivity index (χ2n) is 3.30. The third-order valence-corrected chi connectivity index (χ3v) is 2.20. The van der Waals surface area contributed by atoms with Crippen LogP contribution in [0.2, 0.25) is 0 Å². The molecule has 0 aromatic carbocycles. The molecule has 2 fully saturated rings. The number of rotatable bonds is 0. The van der Waals surface area contributed by atoms with Gasteiger partial charge in [-0.1, -0.05) is 0 Å². The van der Waals surface area contributed by atoms with E-state index in [9.17, 15) is 4.79 Å². The van der Waals surface area contributed by atoms with Crippen molar-refractivity contribution in [3.05, 3.63) is 0 Å². The first-order valence-electron chi connectivity index (χ1n) is 4.86. The highest BCUT2D eigenvalue weighted by atomic mass is 16.5. The number of likely N-dealkylation sites (tertiary alicyclic amines) is 1. The number of hydrogen-bond donors (Lipinski definition) is 1. The van der Waals surface area contributed by atoms with Crippen molar-refractivity contribution in [3.8, 4) is 0 Å². The Morgan fingerprint density at radius 2 is 1.62 bits per heavy atom. The van der Waals surface area contributed by atoms with Gasteiger partial charge in [-0.2, -0.15) is 0 Å². The van der Waals surface area contributed by atoms with E-state index in [4.69, 9.17) is 9.84 Å². The molecule has 0 aliphatic carbocycles. The number of carbonyl (C=O) groups is 1. The fraction of sp³-hybridized carbons (Fsp3) is 0.889. The zero-order valence-electron chi connectivity index (χ0n) is 7.87. The van der Waals surface area contributed by atoms with Crippen LogP contribution in [0.25, 0.3) is 0 Å². The summed E-state index contributed by atoms with van der Waals surface area (Å²) in [4.78, 5) is 11.6. The molecule has 0 aromatic heterocycles. The molecule has 2 saturated heterocycles. The molecule has 2 aliphatic rings. The molecule has 0 atom stereocenters. The van der Waals surface area contributed by atoms with E-state index in [1.807, 2.05) is 0 Å². The second kappa shape index (κ2) is 5.80. The van der Waals surface area contributed by atoms with Crippen molar-refractivity contribution >= 4 is 6.09 Å². The van der Waals surface area contributed by atoms with E-state index in [1.165, 1.54) is 17.7 Å². The van der Waals surface area contributed by atoms with E-state index >= 15 is 0 Å². The molecule has 1 N–H and O–H groups in total.